The van der Waals surface area contributed by atoms with Crippen LogP contribution < -0.4 is 15.4 Å². The highest BCUT2D eigenvalue weighted by molar-refractivity contribution is 6.02. The van der Waals surface area contributed by atoms with E-state index in [2.05, 4.69) is 29.5 Å². The number of nitrogens with one attached hydrogen (secondary N) is 2. The molecule has 2 aromatic carbocycles. The molecule has 3 amide bonds. The molecule has 0 saturated heterocycles. The van der Waals surface area contributed by atoms with Crippen molar-refractivity contribution in [2.24, 2.45) is 11.8 Å². The Morgan fingerprint density at radius 2 is 1.79 bits per heavy atom. The number of carbonyl (C=O) groups is 2. The van der Waals surface area contributed by atoms with Crippen LogP contribution in [0.1, 0.15) is 63.2 Å². The number of nitrogens with zero attached hydrogens (tertiary/aromatic N) is 2. The van der Waals surface area contributed by atoms with E-state index in [1.807, 2.05) is 32.0 Å². The quantitative estimate of drug-likeness (QED) is 0.383. The second-order valence-electron chi connectivity index (χ2n) is 12.1. The molecule has 0 bridgehead atoms. The summed E-state index contributed by atoms with van der Waals surface area (Å²) >= 11 is 0. The van der Waals surface area contributed by atoms with Crippen LogP contribution in [0.25, 0.3) is 0 Å². The molecule has 0 unspecified atom stereocenters. The number of likely N-dealkylation sites (N-methyl/N-ethyl adjacent to an activating group) is 1. The molecule has 4 rings (SSSR count). The van der Waals surface area contributed by atoms with Crippen LogP contribution in [0, 0.1) is 11.8 Å². The molecule has 0 spiro atoms. The monoisotopic (exact) mass is 580 g/mol. The lowest BCUT2D eigenvalue weighted by Crippen LogP contribution is -2.47. The molecule has 4 atom stereocenters. The van der Waals surface area contributed by atoms with E-state index in [0.29, 0.717) is 35.8 Å². The molecule has 0 radical (unpaired) electrons. The Bertz CT molecular complexity index is 1160. The van der Waals surface area contributed by atoms with Gasteiger partial charge < -0.3 is 35.0 Å². The van der Waals surface area contributed by atoms with Gasteiger partial charge in [0.15, 0.2) is 0 Å². The highest BCUT2D eigenvalue weighted by Crippen LogP contribution is 2.31. The number of amides is 3. The molecule has 1 aliphatic heterocycles. The van der Waals surface area contributed by atoms with Crippen LogP contribution in [0.3, 0.4) is 0 Å². The zero-order valence-electron chi connectivity index (χ0n) is 25.6. The number of rotatable bonds is 8. The lowest BCUT2D eigenvalue weighted by atomic mass is 10.0. The van der Waals surface area contributed by atoms with Crippen LogP contribution in [0.5, 0.6) is 5.75 Å². The van der Waals surface area contributed by atoms with E-state index >= 15 is 0 Å². The first kappa shape index (κ1) is 31.8. The number of benzene rings is 2. The Hall–Kier alpha value is -3.14. The lowest BCUT2D eigenvalue weighted by Gasteiger charge is -2.36. The number of ether oxygens (including phenoxy) is 2. The Balaban J connectivity index is 1.59. The maximum atomic E-state index is 14.2. The minimum atomic E-state index is -0.416. The third-order valence-electron chi connectivity index (χ3n) is 8.10. The first-order chi connectivity index (χ1) is 20.2. The van der Waals surface area contributed by atoms with Gasteiger partial charge in [-0.25, -0.2) is 4.79 Å². The van der Waals surface area contributed by atoms with Crippen molar-refractivity contribution < 1.29 is 24.2 Å². The summed E-state index contributed by atoms with van der Waals surface area (Å²) in [7, 11) is 2.15. The van der Waals surface area contributed by atoms with E-state index < -0.39 is 12.1 Å². The molecule has 42 heavy (non-hydrogen) atoms. The first-order valence-corrected chi connectivity index (χ1v) is 15.4. The predicted molar refractivity (Wildman–Crippen MR) is 166 cm³/mol. The number of carbonyl (C=O) groups excluding carboxylic acids is 2. The predicted octanol–water partition coefficient (Wildman–Crippen LogP) is 5.47. The third kappa shape index (κ3) is 9.44. The summed E-state index contributed by atoms with van der Waals surface area (Å²) < 4.78 is 12.7. The number of aliphatic hydroxyl groups is 1. The van der Waals surface area contributed by atoms with Gasteiger partial charge in [-0.2, -0.15) is 0 Å². The van der Waals surface area contributed by atoms with Gasteiger partial charge in [-0.05, 0) is 89.2 Å². The van der Waals surface area contributed by atoms with Crippen LogP contribution >= 0.6 is 0 Å². The smallest absolute Gasteiger partial charge is 0.323 e. The van der Waals surface area contributed by atoms with Gasteiger partial charge in [-0.1, -0.05) is 25.1 Å². The van der Waals surface area contributed by atoms with Crippen molar-refractivity contribution in [1.82, 2.24) is 9.80 Å². The summed E-state index contributed by atoms with van der Waals surface area (Å²) in [5.74, 6) is 1.04. The summed E-state index contributed by atoms with van der Waals surface area (Å²) in [5.41, 5.74) is 1.49. The Morgan fingerprint density at radius 1 is 1.05 bits per heavy atom. The number of anilines is 2. The minimum absolute atomic E-state index is 0.0359. The summed E-state index contributed by atoms with van der Waals surface area (Å²) in [5, 5.41) is 15.8. The second kappa shape index (κ2) is 15.4. The Labute approximate surface area is 250 Å². The normalized spacial score (nSPS) is 23.0. The van der Waals surface area contributed by atoms with Gasteiger partial charge in [0, 0.05) is 43.5 Å². The molecule has 2 aliphatic rings. The van der Waals surface area contributed by atoms with Crippen molar-refractivity contribution in [3.63, 3.8) is 0 Å². The highest BCUT2D eigenvalue weighted by Gasteiger charge is 2.31. The molecule has 9 heteroatoms. The number of aliphatic hydroxyl groups excluding tert-OH is 1. The number of para-hydroxylation sites is 1. The standard InChI is InChI=1S/C33H48N4O5/c1-23-19-37(24(2)22-38)32(39)29-18-28(35-33(40)34-27-11-6-5-7-12-27)15-16-30(29)42-25(3)10-8-9-17-41-31(23)21-36(4)20-26-13-14-26/h5-7,11-12,15-16,18,23-26,31,38H,8-10,13-14,17,19-22H2,1-4H3,(H2,34,35,40)/t23-,24+,25+,31-/m0/s1. The van der Waals surface area contributed by atoms with E-state index in [-0.39, 0.29) is 30.6 Å². The maximum Gasteiger partial charge on any atom is 0.323 e. The van der Waals surface area contributed by atoms with Gasteiger partial charge in [0.1, 0.15) is 5.75 Å². The third-order valence-corrected chi connectivity index (χ3v) is 8.10. The van der Waals surface area contributed by atoms with Crippen LogP contribution in [-0.2, 0) is 4.74 Å². The van der Waals surface area contributed by atoms with E-state index in [1.54, 1.807) is 35.2 Å². The summed E-state index contributed by atoms with van der Waals surface area (Å²) in [6.45, 7) is 8.76. The number of fused-ring (bicyclic) bond motifs is 1. The van der Waals surface area contributed by atoms with Gasteiger partial charge in [0.05, 0.1) is 30.4 Å². The Kier molecular flexibility index (Phi) is 11.6. The molecule has 0 aromatic heterocycles. The average molecular weight is 581 g/mol. The van der Waals surface area contributed by atoms with Crippen molar-refractivity contribution in [2.75, 3.05) is 50.5 Å². The van der Waals surface area contributed by atoms with Crippen LogP contribution in [-0.4, -0.2) is 85.0 Å². The molecule has 9 nitrogen and oxygen atoms in total. The van der Waals surface area contributed by atoms with E-state index in [1.165, 1.54) is 12.8 Å². The van der Waals surface area contributed by atoms with Gasteiger partial charge in [0.2, 0.25) is 0 Å². The van der Waals surface area contributed by atoms with Crippen LogP contribution in [0.15, 0.2) is 48.5 Å². The molecule has 230 valence electrons. The maximum absolute atomic E-state index is 14.2. The molecule has 3 N–H and O–H groups in total. The average Bonchev–Trinajstić information content (AvgIpc) is 3.79. The van der Waals surface area contributed by atoms with Gasteiger partial charge in [0.25, 0.3) is 5.91 Å². The lowest BCUT2D eigenvalue weighted by molar-refractivity contribution is -0.0172. The number of hydrogen-bond acceptors (Lipinski definition) is 6. The number of urea groups is 1. The summed E-state index contributed by atoms with van der Waals surface area (Å²) in [6, 6.07) is 13.5. The first-order valence-electron chi connectivity index (χ1n) is 15.4. The Morgan fingerprint density at radius 3 is 2.50 bits per heavy atom. The molecule has 1 aliphatic carbocycles. The topological polar surface area (TPSA) is 103 Å². The number of hydrogen-bond donors (Lipinski definition) is 3. The molecule has 1 saturated carbocycles. The fourth-order valence-electron chi connectivity index (χ4n) is 5.40. The van der Waals surface area contributed by atoms with Crippen molar-refractivity contribution >= 4 is 23.3 Å². The minimum Gasteiger partial charge on any atom is -0.490 e. The van der Waals surface area contributed by atoms with Crippen molar-refractivity contribution in [3.8, 4) is 5.75 Å². The summed E-state index contributed by atoms with van der Waals surface area (Å²) in [4.78, 5) is 31.0. The molecule has 1 heterocycles. The molecular formula is C33H48N4O5. The van der Waals surface area contributed by atoms with Crippen molar-refractivity contribution in [1.29, 1.82) is 0 Å². The molecular weight excluding hydrogens is 532 g/mol. The van der Waals surface area contributed by atoms with Crippen molar-refractivity contribution in [2.45, 2.75) is 71.1 Å². The zero-order chi connectivity index (χ0) is 30.1. The zero-order valence-corrected chi connectivity index (χ0v) is 25.6. The van der Waals surface area contributed by atoms with E-state index in [0.717, 1.165) is 38.3 Å². The van der Waals surface area contributed by atoms with Gasteiger partial charge in [-0.15, -0.1) is 0 Å². The van der Waals surface area contributed by atoms with Crippen LogP contribution in [0.2, 0.25) is 0 Å². The van der Waals surface area contributed by atoms with E-state index in [4.69, 9.17) is 9.47 Å². The van der Waals surface area contributed by atoms with E-state index in [9.17, 15) is 14.7 Å². The highest BCUT2D eigenvalue weighted by atomic mass is 16.5. The fraction of sp³-hybridized carbons (Fsp3) is 0.576. The largest absolute Gasteiger partial charge is 0.490 e. The van der Waals surface area contributed by atoms with Gasteiger partial charge >= 0.3 is 6.03 Å². The fourth-order valence-corrected chi connectivity index (χ4v) is 5.40. The molecule has 1 fully saturated rings. The summed E-state index contributed by atoms with van der Waals surface area (Å²) in [6.07, 6.45) is 5.16. The second-order valence-corrected chi connectivity index (χ2v) is 12.1. The van der Waals surface area contributed by atoms with Gasteiger partial charge in [-0.3, -0.25) is 4.79 Å². The molecule has 2 aromatic rings. The van der Waals surface area contributed by atoms with Crippen LogP contribution in [0.4, 0.5) is 16.2 Å². The SMILES string of the molecule is C[C@@H]1CCCCO[C@@H](CN(C)CC2CC2)[C@@H](C)CN([C@H](C)CO)C(=O)c2cc(NC(=O)Nc3ccccc3)ccc2O1. The van der Waals surface area contributed by atoms with Crippen molar-refractivity contribution in [3.05, 3.63) is 54.1 Å².